The molecule has 8 heteroatoms. The lowest BCUT2D eigenvalue weighted by Gasteiger charge is -2.34. The molecule has 1 aromatic carbocycles. The molecule has 3 heterocycles. The first-order valence-electron chi connectivity index (χ1n) is 10.2. The van der Waals surface area contributed by atoms with E-state index in [0.29, 0.717) is 13.1 Å². The lowest BCUT2D eigenvalue weighted by atomic mass is 10.2. The Morgan fingerprint density at radius 2 is 1.90 bits per heavy atom. The van der Waals surface area contributed by atoms with E-state index in [9.17, 15) is 4.79 Å². The van der Waals surface area contributed by atoms with Crippen LogP contribution in [0.1, 0.15) is 23.2 Å². The Kier molecular flexibility index (Phi) is 4.93. The fourth-order valence-corrected chi connectivity index (χ4v) is 4.12. The molecule has 0 spiro atoms. The zero-order chi connectivity index (χ0) is 19.6. The maximum absolute atomic E-state index is 12.4. The van der Waals surface area contributed by atoms with E-state index in [4.69, 9.17) is 9.47 Å². The number of nitrogens with zero attached hydrogens (tertiary/aromatic N) is 4. The first-order valence-corrected chi connectivity index (χ1v) is 10.2. The summed E-state index contributed by atoms with van der Waals surface area (Å²) < 4.78 is 10.7. The third-order valence-electron chi connectivity index (χ3n) is 5.80. The van der Waals surface area contributed by atoms with Gasteiger partial charge in [-0.2, -0.15) is 5.10 Å². The molecule has 29 heavy (non-hydrogen) atoms. The summed E-state index contributed by atoms with van der Waals surface area (Å²) in [5, 5.41) is 11.8. The molecule has 1 saturated heterocycles. The second-order valence-electron chi connectivity index (χ2n) is 7.76. The highest BCUT2D eigenvalue weighted by Crippen LogP contribution is 2.32. The standard InChI is InChI=1S/C21H25N5O3/c27-21(22-12-15-4-5-18-19(10-15)29-14-28-18)13-25-6-8-26(9-7-25)20-11-16-2-1-3-17(16)23-24-20/h4-5,10-11H,1-3,6-9,12-14H2,(H,22,27). The molecule has 1 amide bonds. The number of hydrogen-bond acceptors (Lipinski definition) is 7. The number of piperazine rings is 1. The minimum atomic E-state index is 0.0356. The molecule has 0 bridgehead atoms. The van der Waals surface area contributed by atoms with Crippen molar-refractivity contribution in [2.75, 3.05) is 44.4 Å². The zero-order valence-corrected chi connectivity index (χ0v) is 16.4. The predicted octanol–water partition coefficient (Wildman–Crippen LogP) is 1.13. The highest BCUT2D eigenvalue weighted by Gasteiger charge is 2.22. The molecule has 3 aliphatic rings. The van der Waals surface area contributed by atoms with Crippen LogP contribution in [0.3, 0.4) is 0 Å². The number of carbonyl (C=O) groups excluding carboxylic acids is 1. The number of rotatable bonds is 5. The van der Waals surface area contributed by atoms with E-state index in [0.717, 1.165) is 67.6 Å². The average molecular weight is 395 g/mol. The summed E-state index contributed by atoms with van der Waals surface area (Å²) >= 11 is 0. The molecule has 0 saturated carbocycles. The van der Waals surface area contributed by atoms with Gasteiger partial charge >= 0.3 is 0 Å². The van der Waals surface area contributed by atoms with Gasteiger partial charge in [0.2, 0.25) is 12.7 Å². The van der Waals surface area contributed by atoms with Crippen molar-refractivity contribution < 1.29 is 14.3 Å². The topological polar surface area (TPSA) is 79.8 Å². The quantitative estimate of drug-likeness (QED) is 0.813. The molecule has 2 aliphatic heterocycles. The maximum Gasteiger partial charge on any atom is 0.234 e. The Morgan fingerprint density at radius 1 is 1.03 bits per heavy atom. The second-order valence-corrected chi connectivity index (χ2v) is 7.76. The van der Waals surface area contributed by atoms with Crippen molar-refractivity contribution in [2.45, 2.75) is 25.8 Å². The highest BCUT2D eigenvalue weighted by molar-refractivity contribution is 5.78. The minimum absolute atomic E-state index is 0.0356. The van der Waals surface area contributed by atoms with Gasteiger partial charge in [-0.25, -0.2) is 0 Å². The van der Waals surface area contributed by atoms with Gasteiger partial charge in [-0.1, -0.05) is 6.07 Å². The largest absolute Gasteiger partial charge is 0.454 e. The number of benzene rings is 1. The van der Waals surface area contributed by atoms with Gasteiger partial charge in [0.1, 0.15) is 0 Å². The van der Waals surface area contributed by atoms with Crippen LogP contribution in [0.2, 0.25) is 0 Å². The van der Waals surface area contributed by atoms with Crippen molar-refractivity contribution >= 4 is 11.7 Å². The predicted molar refractivity (Wildman–Crippen MR) is 107 cm³/mol. The number of aromatic nitrogens is 2. The van der Waals surface area contributed by atoms with E-state index in [1.54, 1.807) is 0 Å². The zero-order valence-electron chi connectivity index (χ0n) is 16.4. The smallest absolute Gasteiger partial charge is 0.234 e. The Morgan fingerprint density at radius 3 is 2.79 bits per heavy atom. The van der Waals surface area contributed by atoms with Crippen molar-refractivity contribution in [2.24, 2.45) is 0 Å². The molecule has 8 nitrogen and oxygen atoms in total. The van der Waals surface area contributed by atoms with Crippen molar-refractivity contribution in [3.8, 4) is 11.5 Å². The van der Waals surface area contributed by atoms with Crippen molar-refractivity contribution in [3.63, 3.8) is 0 Å². The molecular formula is C21H25N5O3. The summed E-state index contributed by atoms with van der Waals surface area (Å²) in [7, 11) is 0. The van der Waals surface area contributed by atoms with E-state index in [2.05, 4.69) is 31.4 Å². The molecule has 5 rings (SSSR count). The normalized spacial score (nSPS) is 18.0. The fourth-order valence-electron chi connectivity index (χ4n) is 4.12. The van der Waals surface area contributed by atoms with Crippen LogP contribution >= 0.6 is 0 Å². The highest BCUT2D eigenvalue weighted by atomic mass is 16.7. The summed E-state index contributed by atoms with van der Waals surface area (Å²) in [6.07, 6.45) is 3.35. The molecule has 0 atom stereocenters. The van der Waals surface area contributed by atoms with Gasteiger partial charge < -0.3 is 19.7 Å². The molecule has 1 aromatic heterocycles. The first kappa shape index (κ1) is 18.2. The van der Waals surface area contributed by atoms with Crippen LogP contribution < -0.4 is 19.7 Å². The van der Waals surface area contributed by atoms with Gasteiger partial charge in [-0.15, -0.1) is 5.10 Å². The third kappa shape index (κ3) is 3.98. The number of carbonyl (C=O) groups is 1. The summed E-state index contributed by atoms with van der Waals surface area (Å²) in [4.78, 5) is 16.8. The molecule has 1 fully saturated rings. The van der Waals surface area contributed by atoms with Crippen LogP contribution in [0, 0.1) is 0 Å². The Balaban J connectivity index is 1.09. The number of amides is 1. The average Bonchev–Trinajstić information content (AvgIpc) is 3.41. The summed E-state index contributed by atoms with van der Waals surface area (Å²) in [5.41, 5.74) is 3.51. The molecule has 1 N–H and O–H groups in total. The molecule has 1 aliphatic carbocycles. The van der Waals surface area contributed by atoms with Crippen LogP contribution in [0.5, 0.6) is 11.5 Å². The van der Waals surface area contributed by atoms with Gasteiger partial charge in [0.05, 0.1) is 12.2 Å². The number of ether oxygens (including phenoxy) is 2. The van der Waals surface area contributed by atoms with E-state index in [-0.39, 0.29) is 12.7 Å². The fraction of sp³-hybridized carbons (Fsp3) is 0.476. The number of fused-ring (bicyclic) bond motifs is 2. The third-order valence-corrected chi connectivity index (χ3v) is 5.80. The van der Waals surface area contributed by atoms with Crippen LogP contribution in [0.4, 0.5) is 5.82 Å². The lowest BCUT2D eigenvalue weighted by molar-refractivity contribution is -0.122. The SMILES string of the molecule is O=C(CN1CCN(c2cc3c(nn2)CCC3)CC1)NCc1ccc2c(c1)OCO2. The van der Waals surface area contributed by atoms with E-state index in [1.165, 1.54) is 12.0 Å². The van der Waals surface area contributed by atoms with Crippen LogP contribution in [0.15, 0.2) is 24.3 Å². The Labute approximate surface area is 169 Å². The molecular weight excluding hydrogens is 370 g/mol. The molecule has 152 valence electrons. The van der Waals surface area contributed by atoms with Crippen molar-refractivity contribution in [3.05, 3.63) is 41.1 Å². The van der Waals surface area contributed by atoms with Gasteiger partial charge in [0, 0.05) is 32.7 Å². The number of anilines is 1. The Bertz CT molecular complexity index is 911. The monoisotopic (exact) mass is 395 g/mol. The molecule has 0 radical (unpaired) electrons. The van der Waals surface area contributed by atoms with Crippen molar-refractivity contribution in [1.82, 2.24) is 20.4 Å². The minimum Gasteiger partial charge on any atom is -0.454 e. The molecule has 2 aromatic rings. The van der Waals surface area contributed by atoms with Gasteiger partial charge in [-0.05, 0) is 48.6 Å². The molecule has 0 unspecified atom stereocenters. The van der Waals surface area contributed by atoms with Crippen molar-refractivity contribution in [1.29, 1.82) is 0 Å². The number of hydrogen-bond donors (Lipinski definition) is 1. The summed E-state index contributed by atoms with van der Waals surface area (Å²) in [6, 6.07) is 7.94. The number of aryl methyl sites for hydroxylation is 2. The van der Waals surface area contributed by atoms with Gasteiger partial charge in [0.25, 0.3) is 0 Å². The Hall–Kier alpha value is -2.87. The number of nitrogens with one attached hydrogen (secondary N) is 1. The van der Waals surface area contributed by atoms with Gasteiger partial charge in [0.15, 0.2) is 17.3 Å². The summed E-state index contributed by atoms with van der Waals surface area (Å²) in [6.45, 7) is 4.57. The van der Waals surface area contributed by atoms with Crippen LogP contribution in [0.25, 0.3) is 0 Å². The maximum atomic E-state index is 12.4. The van der Waals surface area contributed by atoms with Crippen LogP contribution in [-0.2, 0) is 24.2 Å². The van der Waals surface area contributed by atoms with E-state index < -0.39 is 0 Å². The summed E-state index contributed by atoms with van der Waals surface area (Å²) in [5.74, 6) is 2.50. The lowest BCUT2D eigenvalue weighted by Crippen LogP contribution is -2.49. The first-order chi connectivity index (χ1) is 14.2. The van der Waals surface area contributed by atoms with Crippen LogP contribution in [-0.4, -0.2) is 60.5 Å². The van der Waals surface area contributed by atoms with E-state index in [1.807, 2.05) is 18.2 Å². The second kappa shape index (κ2) is 7.87. The van der Waals surface area contributed by atoms with Gasteiger partial charge in [-0.3, -0.25) is 9.69 Å². The van der Waals surface area contributed by atoms with E-state index >= 15 is 0 Å².